The summed E-state index contributed by atoms with van der Waals surface area (Å²) in [6.07, 6.45) is 3.94. The Balaban J connectivity index is 1.08. The van der Waals surface area contributed by atoms with Gasteiger partial charge in [-0.3, -0.25) is 0 Å². The van der Waals surface area contributed by atoms with Crippen LogP contribution in [0.5, 0.6) is 0 Å². The van der Waals surface area contributed by atoms with Crippen molar-refractivity contribution in [3.05, 3.63) is 0 Å². The topological polar surface area (TPSA) is 87.0 Å². The molecule has 3 saturated carbocycles. The molecule has 4 saturated heterocycles. The Kier molecular flexibility index (Phi) is 4.87. The molecule has 0 radical (unpaired) electrons. The maximum Gasteiger partial charge on any atom is 0.104 e. The van der Waals surface area contributed by atoms with Crippen molar-refractivity contribution in [3.63, 3.8) is 0 Å². The van der Waals surface area contributed by atoms with Crippen LogP contribution in [0, 0.1) is 23.7 Å². The first-order valence-electron chi connectivity index (χ1n) is 11.8. The monoisotopic (exact) mass is 424 g/mol. The smallest absolute Gasteiger partial charge is 0.104 e. The van der Waals surface area contributed by atoms with Crippen LogP contribution in [-0.4, -0.2) is 102 Å². The van der Waals surface area contributed by atoms with Crippen LogP contribution in [0.3, 0.4) is 0 Å². The summed E-state index contributed by atoms with van der Waals surface area (Å²) in [7, 11) is 0. The molecule has 3 aliphatic carbocycles. The molecule has 4 aliphatic heterocycles. The Morgan fingerprint density at radius 3 is 1.53 bits per heavy atom. The van der Waals surface area contributed by atoms with Crippen molar-refractivity contribution in [2.75, 3.05) is 52.9 Å². The summed E-state index contributed by atoms with van der Waals surface area (Å²) in [4.78, 5) is 0. The molecule has 7 fully saturated rings. The highest BCUT2D eigenvalue weighted by Crippen LogP contribution is 2.61. The van der Waals surface area contributed by atoms with Crippen molar-refractivity contribution >= 4 is 0 Å². The highest BCUT2D eigenvalue weighted by atomic mass is 16.6. The molecule has 2 bridgehead atoms. The van der Waals surface area contributed by atoms with Crippen LogP contribution >= 0.6 is 0 Å². The zero-order valence-electron chi connectivity index (χ0n) is 17.3. The van der Waals surface area contributed by atoms with Gasteiger partial charge in [-0.2, -0.15) is 0 Å². The number of epoxide rings is 4. The van der Waals surface area contributed by atoms with Gasteiger partial charge in [-0.05, 0) is 30.6 Å². The van der Waals surface area contributed by atoms with E-state index < -0.39 is 0 Å². The molecule has 0 aromatic carbocycles. The molecule has 7 aliphatic rings. The maximum absolute atomic E-state index is 6.46. The fourth-order valence-corrected chi connectivity index (χ4v) is 6.33. The molecule has 4 heterocycles. The number of rotatable bonds is 12. The summed E-state index contributed by atoms with van der Waals surface area (Å²) >= 11 is 0. The van der Waals surface area contributed by atoms with Gasteiger partial charge in [0.25, 0.3) is 0 Å². The van der Waals surface area contributed by atoms with E-state index in [0.29, 0.717) is 56.2 Å². The van der Waals surface area contributed by atoms with Crippen molar-refractivity contribution in [2.24, 2.45) is 23.7 Å². The molecule has 0 aromatic rings. The Bertz CT molecular complexity index is 631. The van der Waals surface area contributed by atoms with Crippen LogP contribution in [0.15, 0.2) is 0 Å². The number of hydrogen-bond acceptors (Lipinski definition) is 8. The zero-order valence-corrected chi connectivity index (χ0v) is 17.3. The van der Waals surface area contributed by atoms with Gasteiger partial charge in [0.05, 0.1) is 77.3 Å². The third-order valence-electron chi connectivity index (χ3n) is 8.02. The first-order valence-corrected chi connectivity index (χ1v) is 11.8. The van der Waals surface area contributed by atoms with Crippen molar-refractivity contribution in [1.82, 2.24) is 0 Å². The van der Waals surface area contributed by atoms with E-state index in [-0.39, 0.29) is 42.7 Å². The van der Waals surface area contributed by atoms with E-state index in [1.54, 1.807) is 0 Å². The third kappa shape index (κ3) is 3.83. The molecule has 7 rings (SSSR count). The van der Waals surface area contributed by atoms with Crippen molar-refractivity contribution in [1.29, 1.82) is 0 Å². The van der Waals surface area contributed by atoms with Gasteiger partial charge in [-0.15, -0.1) is 0 Å². The summed E-state index contributed by atoms with van der Waals surface area (Å²) in [5.74, 6) is 1.86. The van der Waals surface area contributed by atoms with Crippen molar-refractivity contribution in [3.8, 4) is 0 Å². The molecule has 0 spiro atoms. The van der Waals surface area contributed by atoms with E-state index in [1.807, 2.05) is 0 Å². The first-order chi connectivity index (χ1) is 14.8. The van der Waals surface area contributed by atoms with Gasteiger partial charge in [0.1, 0.15) is 24.4 Å². The fraction of sp³-hybridized carbons (Fsp3) is 1.00. The second-order valence-corrected chi connectivity index (χ2v) is 10.1. The normalized spacial score (nSPS) is 54.4. The van der Waals surface area contributed by atoms with Crippen LogP contribution in [0.25, 0.3) is 0 Å². The highest BCUT2D eigenvalue weighted by Gasteiger charge is 2.66. The van der Waals surface area contributed by atoms with Crippen LogP contribution < -0.4 is 0 Å². The Hall–Kier alpha value is -0.320. The van der Waals surface area contributed by atoms with Crippen LogP contribution in [-0.2, 0) is 37.9 Å². The molecule has 30 heavy (non-hydrogen) atoms. The second-order valence-electron chi connectivity index (χ2n) is 10.1. The molecule has 12 atom stereocenters. The molecule has 0 amide bonds. The average molecular weight is 424 g/mol. The predicted octanol–water partition coefficient (Wildman–Crippen LogP) is 0.408. The quantitative estimate of drug-likeness (QED) is 0.417. The lowest BCUT2D eigenvalue weighted by atomic mass is 9.79. The van der Waals surface area contributed by atoms with Crippen LogP contribution in [0.2, 0.25) is 0 Å². The van der Waals surface area contributed by atoms with Gasteiger partial charge in [-0.1, -0.05) is 0 Å². The lowest BCUT2D eigenvalue weighted by Crippen LogP contribution is -2.38. The number of fused-ring (bicyclic) bond motifs is 5. The van der Waals surface area contributed by atoms with Crippen LogP contribution in [0.1, 0.15) is 12.8 Å². The Labute approximate surface area is 176 Å². The van der Waals surface area contributed by atoms with E-state index in [2.05, 4.69) is 0 Å². The lowest BCUT2D eigenvalue weighted by molar-refractivity contribution is -0.0932. The van der Waals surface area contributed by atoms with E-state index in [9.17, 15) is 0 Å². The molecular formula is C22H32O8. The minimum absolute atomic E-state index is 0.115. The SMILES string of the molecule is C1OC1COC1CC2C3C(OCC4CO4)CC(C3OCC3CO3)C2C1OCC1CO1. The number of ether oxygens (including phenoxy) is 8. The molecule has 8 heteroatoms. The van der Waals surface area contributed by atoms with E-state index in [4.69, 9.17) is 37.9 Å². The van der Waals surface area contributed by atoms with E-state index in [0.717, 1.165) is 39.3 Å². The maximum atomic E-state index is 6.46. The summed E-state index contributed by atoms with van der Waals surface area (Å²) in [6, 6.07) is 0. The summed E-state index contributed by atoms with van der Waals surface area (Å²) in [6.45, 7) is 6.08. The van der Waals surface area contributed by atoms with Gasteiger partial charge in [0, 0.05) is 5.92 Å². The standard InChI is InChI=1S/C22H32O8/c1-15-19(22(30-10-14-6-26-14)18(1)28-8-12-4-24-12)16-2-17(27-7-11-3-23-11)20(15)21(16)29-9-13-5-25-13/h11-22H,1-10H2. The molecular weight excluding hydrogens is 392 g/mol. The molecule has 0 aromatic heterocycles. The van der Waals surface area contributed by atoms with Crippen molar-refractivity contribution < 1.29 is 37.9 Å². The Morgan fingerprint density at radius 1 is 0.500 bits per heavy atom. The minimum atomic E-state index is 0.115. The van der Waals surface area contributed by atoms with Gasteiger partial charge < -0.3 is 37.9 Å². The number of hydrogen-bond donors (Lipinski definition) is 0. The molecule has 0 N–H and O–H groups in total. The molecule has 168 valence electrons. The lowest BCUT2D eigenvalue weighted by Gasteiger charge is -2.33. The summed E-state index contributed by atoms with van der Waals surface area (Å²) in [5.41, 5.74) is 0. The van der Waals surface area contributed by atoms with Crippen LogP contribution in [0.4, 0.5) is 0 Å². The summed E-state index contributed by atoms with van der Waals surface area (Å²) < 4.78 is 47.1. The minimum Gasteiger partial charge on any atom is -0.375 e. The van der Waals surface area contributed by atoms with Gasteiger partial charge >= 0.3 is 0 Å². The van der Waals surface area contributed by atoms with Gasteiger partial charge in [0.15, 0.2) is 0 Å². The van der Waals surface area contributed by atoms with E-state index >= 15 is 0 Å². The zero-order chi connectivity index (χ0) is 19.7. The average Bonchev–Trinajstić information content (AvgIpc) is 3.56. The first kappa shape index (κ1) is 19.2. The second kappa shape index (κ2) is 7.63. The van der Waals surface area contributed by atoms with Crippen molar-refractivity contribution in [2.45, 2.75) is 61.7 Å². The summed E-state index contributed by atoms with van der Waals surface area (Å²) in [5, 5.41) is 0. The van der Waals surface area contributed by atoms with Gasteiger partial charge in [0.2, 0.25) is 0 Å². The fourth-order valence-electron chi connectivity index (χ4n) is 6.33. The highest BCUT2D eigenvalue weighted by molar-refractivity contribution is 5.15. The predicted molar refractivity (Wildman–Crippen MR) is 101 cm³/mol. The molecule has 8 nitrogen and oxygen atoms in total. The van der Waals surface area contributed by atoms with E-state index in [1.165, 1.54) is 0 Å². The Morgan fingerprint density at radius 2 is 0.967 bits per heavy atom. The molecule has 12 unspecified atom stereocenters. The van der Waals surface area contributed by atoms with Gasteiger partial charge in [-0.25, -0.2) is 0 Å². The third-order valence-corrected chi connectivity index (χ3v) is 8.02. The largest absolute Gasteiger partial charge is 0.375 e.